The van der Waals surface area contributed by atoms with Gasteiger partial charge in [0.2, 0.25) is 22.8 Å². The second-order valence-corrected chi connectivity index (χ2v) is 7.24. The molecule has 3 rings (SSSR count). The maximum absolute atomic E-state index is 12.1. The number of amides is 1. The molecule has 1 amide bonds. The summed E-state index contributed by atoms with van der Waals surface area (Å²) < 4.78 is 5.65. The van der Waals surface area contributed by atoms with Crippen LogP contribution in [0.5, 0.6) is 0 Å². The minimum atomic E-state index is -0.0787. The summed E-state index contributed by atoms with van der Waals surface area (Å²) in [6.07, 6.45) is 3.59. The molecule has 0 radical (unpaired) electrons. The number of benzene rings is 1. The Labute approximate surface area is 162 Å². The van der Waals surface area contributed by atoms with Gasteiger partial charge in [0.05, 0.1) is 0 Å². The lowest BCUT2D eigenvalue weighted by Gasteiger charge is -2.05. The minimum Gasteiger partial charge on any atom is -0.421 e. The molecule has 0 aliphatic rings. The van der Waals surface area contributed by atoms with Gasteiger partial charge in [0.15, 0.2) is 0 Å². The van der Waals surface area contributed by atoms with E-state index in [1.54, 1.807) is 0 Å². The van der Waals surface area contributed by atoms with Crippen molar-refractivity contribution in [1.29, 1.82) is 0 Å². The number of hydrogen-bond acceptors (Lipinski definition) is 7. The quantitative estimate of drug-likeness (QED) is 0.585. The number of hydrogen-bond donors (Lipinski definition) is 1. The van der Waals surface area contributed by atoms with Crippen LogP contribution in [0, 0.1) is 0 Å². The van der Waals surface area contributed by atoms with E-state index in [-0.39, 0.29) is 5.91 Å². The Morgan fingerprint density at radius 3 is 2.63 bits per heavy atom. The number of rotatable bonds is 9. The van der Waals surface area contributed by atoms with Gasteiger partial charge in [-0.05, 0) is 31.4 Å². The van der Waals surface area contributed by atoms with Crippen LogP contribution in [-0.2, 0) is 11.2 Å². The van der Waals surface area contributed by atoms with Crippen molar-refractivity contribution in [3.05, 3.63) is 41.2 Å². The number of anilines is 1. The van der Waals surface area contributed by atoms with Crippen LogP contribution in [0.25, 0.3) is 11.5 Å². The molecule has 27 heavy (non-hydrogen) atoms. The molecule has 0 aliphatic heterocycles. The molecule has 0 bridgehead atoms. The van der Waals surface area contributed by atoms with Crippen LogP contribution in [0.1, 0.15) is 56.3 Å². The van der Waals surface area contributed by atoms with Crippen LogP contribution >= 0.6 is 11.3 Å². The van der Waals surface area contributed by atoms with Crippen molar-refractivity contribution in [3.8, 4) is 11.5 Å². The van der Waals surface area contributed by atoms with Crippen molar-refractivity contribution in [2.45, 2.75) is 51.9 Å². The molecule has 8 heteroatoms. The number of aryl methyl sites for hydroxylation is 1. The SMILES string of the molecule is CCC(CC)c1nnc(NC(=O)CCCc2nnc(-c3ccccc3)o2)s1. The Kier molecular flexibility index (Phi) is 6.64. The van der Waals surface area contributed by atoms with Gasteiger partial charge >= 0.3 is 0 Å². The fourth-order valence-electron chi connectivity index (χ4n) is 2.72. The van der Waals surface area contributed by atoms with Gasteiger partial charge in [-0.15, -0.1) is 20.4 Å². The summed E-state index contributed by atoms with van der Waals surface area (Å²) in [6, 6.07) is 9.62. The van der Waals surface area contributed by atoms with E-state index in [1.807, 2.05) is 30.3 Å². The van der Waals surface area contributed by atoms with E-state index in [0.29, 0.717) is 42.1 Å². The second kappa shape index (κ2) is 9.36. The van der Waals surface area contributed by atoms with Crippen molar-refractivity contribution in [3.63, 3.8) is 0 Å². The molecule has 0 atom stereocenters. The third kappa shape index (κ3) is 5.19. The van der Waals surface area contributed by atoms with Crippen molar-refractivity contribution in [1.82, 2.24) is 20.4 Å². The number of carbonyl (C=O) groups excluding carboxylic acids is 1. The van der Waals surface area contributed by atoms with E-state index >= 15 is 0 Å². The molecule has 2 heterocycles. The Morgan fingerprint density at radius 2 is 1.89 bits per heavy atom. The third-order valence-electron chi connectivity index (χ3n) is 4.30. The summed E-state index contributed by atoms with van der Waals surface area (Å²) in [7, 11) is 0. The zero-order valence-corrected chi connectivity index (χ0v) is 16.3. The number of nitrogens with one attached hydrogen (secondary N) is 1. The van der Waals surface area contributed by atoms with Crippen LogP contribution in [0.2, 0.25) is 0 Å². The molecule has 0 unspecified atom stereocenters. The molecule has 7 nitrogen and oxygen atoms in total. The van der Waals surface area contributed by atoms with Crippen molar-refractivity contribution in [2.75, 3.05) is 5.32 Å². The summed E-state index contributed by atoms with van der Waals surface area (Å²) >= 11 is 1.45. The molecule has 0 saturated heterocycles. The van der Waals surface area contributed by atoms with Gasteiger partial charge in [0.25, 0.3) is 0 Å². The molecule has 142 valence electrons. The molecular formula is C19H23N5O2S. The summed E-state index contributed by atoms with van der Waals surface area (Å²) in [6.45, 7) is 4.27. The van der Waals surface area contributed by atoms with Crippen molar-refractivity contribution >= 4 is 22.4 Å². The van der Waals surface area contributed by atoms with Crippen LogP contribution in [0.3, 0.4) is 0 Å². The Morgan fingerprint density at radius 1 is 1.11 bits per heavy atom. The molecule has 0 fully saturated rings. The van der Waals surface area contributed by atoms with Gasteiger partial charge in [-0.1, -0.05) is 43.4 Å². The topological polar surface area (TPSA) is 93.8 Å². The number of carbonyl (C=O) groups is 1. The molecule has 1 N–H and O–H groups in total. The first kappa shape index (κ1) is 19.2. The van der Waals surface area contributed by atoms with Crippen LogP contribution in [-0.4, -0.2) is 26.3 Å². The normalized spacial score (nSPS) is 11.1. The molecular weight excluding hydrogens is 362 g/mol. The first-order chi connectivity index (χ1) is 13.2. The van der Waals surface area contributed by atoms with E-state index in [4.69, 9.17) is 4.42 Å². The van der Waals surface area contributed by atoms with E-state index in [9.17, 15) is 4.79 Å². The van der Waals surface area contributed by atoms with Gasteiger partial charge in [0, 0.05) is 24.3 Å². The molecule has 3 aromatic rings. The lowest BCUT2D eigenvalue weighted by atomic mass is 10.1. The highest BCUT2D eigenvalue weighted by Crippen LogP contribution is 2.28. The molecule has 2 aromatic heterocycles. The lowest BCUT2D eigenvalue weighted by molar-refractivity contribution is -0.116. The van der Waals surface area contributed by atoms with Gasteiger partial charge in [-0.25, -0.2) is 0 Å². The highest BCUT2D eigenvalue weighted by atomic mass is 32.1. The number of aromatic nitrogens is 4. The largest absolute Gasteiger partial charge is 0.421 e. The maximum Gasteiger partial charge on any atom is 0.247 e. The van der Waals surface area contributed by atoms with Crippen LogP contribution < -0.4 is 5.32 Å². The molecule has 0 spiro atoms. The predicted octanol–water partition coefficient (Wildman–Crippen LogP) is 4.45. The molecule has 0 saturated carbocycles. The standard InChI is InChI=1S/C19H23N5O2S/c1-3-13(4-2)18-23-24-19(27-18)20-15(25)11-8-12-16-21-22-17(26-16)14-9-6-5-7-10-14/h5-7,9-10,13H,3-4,8,11-12H2,1-2H3,(H,20,24,25). The highest BCUT2D eigenvalue weighted by molar-refractivity contribution is 7.15. The van der Waals surface area contributed by atoms with Crippen molar-refractivity contribution < 1.29 is 9.21 Å². The highest BCUT2D eigenvalue weighted by Gasteiger charge is 2.15. The van der Waals surface area contributed by atoms with E-state index in [2.05, 4.69) is 39.6 Å². The summed E-state index contributed by atoms with van der Waals surface area (Å²) in [5.74, 6) is 1.36. The fraction of sp³-hybridized carbons (Fsp3) is 0.421. The Bertz CT molecular complexity index is 858. The number of nitrogens with zero attached hydrogens (tertiary/aromatic N) is 4. The molecule has 1 aromatic carbocycles. The predicted molar refractivity (Wildman–Crippen MR) is 105 cm³/mol. The Hall–Kier alpha value is -2.61. The average Bonchev–Trinajstić information content (AvgIpc) is 3.34. The Balaban J connectivity index is 1.46. The zero-order chi connectivity index (χ0) is 19.1. The van der Waals surface area contributed by atoms with Gasteiger partial charge in [-0.3, -0.25) is 4.79 Å². The minimum absolute atomic E-state index is 0.0787. The second-order valence-electron chi connectivity index (χ2n) is 6.23. The van der Waals surface area contributed by atoms with Crippen molar-refractivity contribution in [2.24, 2.45) is 0 Å². The van der Waals surface area contributed by atoms with Gasteiger partial charge < -0.3 is 9.73 Å². The third-order valence-corrected chi connectivity index (χ3v) is 5.31. The van der Waals surface area contributed by atoms with E-state index in [1.165, 1.54) is 11.3 Å². The van der Waals surface area contributed by atoms with Gasteiger partial charge in [0.1, 0.15) is 5.01 Å². The molecule has 0 aliphatic carbocycles. The summed E-state index contributed by atoms with van der Waals surface area (Å²) in [5.41, 5.74) is 0.888. The maximum atomic E-state index is 12.1. The summed E-state index contributed by atoms with van der Waals surface area (Å²) in [5, 5.41) is 20.7. The first-order valence-electron chi connectivity index (χ1n) is 9.20. The van der Waals surface area contributed by atoms with Crippen LogP contribution in [0.15, 0.2) is 34.7 Å². The van der Waals surface area contributed by atoms with Gasteiger partial charge in [-0.2, -0.15) is 0 Å². The average molecular weight is 385 g/mol. The van der Waals surface area contributed by atoms with E-state index in [0.717, 1.165) is 23.4 Å². The smallest absolute Gasteiger partial charge is 0.247 e. The van der Waals surface area contributed by atoms with E-state index < -0.39 is 0 Å². The summed E-state index contributed by atoms with van der Waals surface area (Å²) in [4.78, 5) is 12.1. The van der Waals surface area contributed by atoms with Crippen LogP contribution in [0.4, 0.5) is 5.13 Å². The zero-order valence-electron chi connectivity index (χ0n) is 15.5. The first-order valence-corrected chi connectivity index (χ1v) is 10.0. The monoisotopic (exact) mass is 385 g/mol. The lowest BCUT2D eigenvalue weighted by Crippen LogP contribution is -2.11. The fourth-order valence-corrected chi connectivity index (χ4v) is 3.75.